The Morgan fingerprint density at radius 1 is 1.05 bits per heavy atom. The van der Waals surface area contributed by atoms with Crippen molar-refractivity contribution in [3.05, 3.63) is 53.6 Å². The van der Waals surface area contributed by atoms with Gasteiger partial charge in [-0.1, -0.05) is 18.2 Å². The Hall–Kier alpha value is -2.17. The minimum absolute atomic E-state index is 0.107. The quantitative estimate of drug-likeness (QED) is 0.819. The van der Waals surface area contributed by atoms with Crippen LogP contribution in [0.5, 0.6) is 11.5 Å². The van der Waals surface area contributed by atoms with Crippen LogP contribution in [0.25, 0.3) is 0 Å². The van der Waals surface area contributed by atoms with Gasteiger partial charge in [0.25, 0.3) is 0 Å². The van der Waals surface area contributed by atoms with Crippen LogP contribution < -0.4 is 10.5 Å². The highest BCUT2D eigenvalue weighted by molar-refractivity contribution is 5.52. The maximum atomic E-state index is 12.7. The van der Waals surface area contributed by atoms with Crippen molar-refractivity contribution in [3.63, 3.8) is 0 Å². The molecule has 2 aromatic rings. The molecule has 0 aliphatic rings. The maximum Gasteiger partial charge on any atom is 0.418 e. The number of anilines is 1. The SMILES string of the molecule is Cc1ccccc1Oc1ccc(N)c(C(F)(F)F)c1. The number of nitrogen functional groups attached to an aromatic ring is 1. The van der Waals surface area contributed by atoms with Gasteiger partial charge in [0.15, 0.2) is 0 Å². The lowest BCUT2D eigenvalue weighted by molar-refractivity contribution is -0.137. The molecule has 0 saturated carbocycles. The van der Waals surface area contributed by atoms with Crippen molar-refractivity contribution in [2.45, 2.75) is 13.1 Å². The fourth-order valence-corrected chi connectivity index (χ4v) is 1.64. The molecule has 5 heteroatoms. The molecule has 100 valence electrons. The summed E-state index contributed by atoms with van der Waals surface area (Å²) in [4.78, 5) is 0. The van der Waals surface area contributed by atoms with Crippen LogP contribution in [-0.2, 0) is 6.18 Å². The van der Waals surface area contributed by atoms with Crippen molar-refractivity contribution in [2.24, 2.45) is 0 Å². The summed E-state index contributed by atoms with van der Waals surface area (Å²) in [6.07, 6.45) is -4.49. The van der Waals surface area contributed by atoms with Gasteiger partial charge in [-0.2, -0.15) is 13.2 Å². The van der Waals surface area contributed by atoms with Crippen LogP contribution in [0.3, 0.4) is 0 Å². The van der Waals surface area contributed by atoms with Crippen LogP contribution in [0.2, 0.25) is 0 Å². The number of nitrogens with two attached hydrogens (primary N) is 1. The van der Waals surface area contributed by atoms with Crippen LogP contribution in [-0.4, -0.2) is 0 Å². The monoisotopic (exact) mass is 267 g/mol. The molecule has 2 aromatic carbocycles. The lowest BCUT2D eigenvalue weighted by atomic mass is 10.1. The Morgan fingerprint density at radius 2 is 1.74 bits per heavy atom. The smallest absolute Gasteiger partial charge is 0.418 e. The number of para-hydroxylation sites is 1. The van der Waals surface area contributed by atoms with Crippen molar-refractivity contribution >= 4 is 5.69 Å². The van der Waals surface area contributed by atoms with Crippen LogP contribution >= 0.6 is 0 Å². The molecule has 0 heterocycles. The summed E-state index contributed by atoms with van der Waals surface area (Å²) in [5, 5.41) is 0. The number of hydrogen-bond acceptors (Lipinski definition) is 2. The minimum atomic E-state index is -4.49. The molecular weight excluding hydrogens is 255 g/mol. The van der Waals surface area contributed by atoms with E-state index in [1.54, 1.807) is 12.1 Å². The molecule has 0 aromatic heterocycles. The van der Waals surface area contributed by atoms with Gasteiger partial charge in [-0.15, -0.1) is 0 Å². The zero-order chi connectivity index (χ0) is 14.0. The first kappa shape index (κ1) is 13.3. The van der Waals surface area contributed by atoms with E-state index >= 15 is 0 Å². The van der Waals surface area contributed by atoms with E-state index in [4.69, 9.17) is 10.5 Å². The van der Waals surface area contributed by atoms with Crippen molar-refractivity contribution in [2.75, 3.05) is 5.73 Å². The molecule has 0 spiro atoms. The summed E-state index contributed by atoms with van der Waals surface area (Å²) in [7, 11) is 0. The summed E-state index contributed by atoms with van der Waals surface area (Å²) in [6, 6.07) is 10.6. The van der Waals surface area contributed by atoms with Gasteiger partial charge in [0.2, 0.25) is 0 Å². The molecule has 0 fully saturated rings. The normalized spacial score (nSPS) is 11.4. The van der Waals surface area contributed by atoms with E-state index in [1.165, 1.54) is 12.1 Å². The van der Waals surface area contributed by atoms with E-state index in [9.17, 15) is 13.2 Å². The molecule has 2 rings (SSSR count). The Balaban J connectivity index is 2.35. The zero-order valence-corrected chi connectivity index (χ0v) is 10.2. The number of alkyl halides is 3. The first-order valence-electron chi connectivity index (χ1n) is 5.58. The third-order valence-corrected chi connectivity index (χ3v) is 2.65. The van der Waals surface area contributed by atoms with Gasteiger partial charge in [0.05, 0.1) is 5.56 Å². The molecule has 0 radical (unpaired) electrons. The fourth-order valence-electron chi connectivity index (χ4n) is 1.64. The summed E-state index contributed by atoms with van der Waals surface area (Å²) in [5.41, 5.74) is 4.96. The molecule has 19 heavy (non-hydrogen) atoms. The Kier molecular flexibility index (Phi) is 3.38. The Labute approximate surface area is 108 Å². The number of halogens is 3. The van der Waals surface area contributed by atoms with Crippen LogP contribution in [0.15, 0.2) is 42.5 Å². The summed E-state index contributed by atoms with van der Waals surface area (Å²) < 4.78 is 43.6. The van der Waals surface area contributed by atoms with Gasteiger partial charge >= 0.3 is 6.18 Å². The number of ether oxygens (including phenoxy) is 1. The first-order valence-corrected chi connectivity index (χ1v) is 5.58. The molecule has 0 saturated heterocycles. The molecule has 0 aliphatic heterocycles. The van der Waals surface area contributed by atoms with Gasteiger partial charge in [0, 0.05) is 5.69 Å². The average Bonchev–Trinajstić information content (AvgIpc) is 2.33. The highest BCUT2D eigenvalue weighted by Crippen LogP contribution is 2.37. The van der Waals surface area contributed by atoms with E-state index in [1.807, 2.05) is 19.1 Å². The molecular formula is C14H12F3NO. The summed E-state index contributed by atoms with van der Waals surface area (Å²) in [6.45, 7) is 1.82. The number of aryl methyl sites for hydroxylation is 1. The highest BCUT2D eigenvalue weighted by Gasteiger charge is 2.33. The molecule has 0 unspecified atom stereocenters. The average molecular weight is 267 g/mol. The predicted octanol–water partition coefficient (Wildman–Crippen LogP) is 4.39. The summed E-state index contributed by atoms with van der Waals surface area (Å²) >= 11 is 0. The lowest BCUT2D eigenvalue weighted by Gasteiger charge is -2.13. The summed E-state index contributed by atoms with van der Waals surface area (Å²) in [5.74, 6) is 0.622. The van der Waals surface area contributed by atoms with E-state index in [-0.39, 0.29) is 11.4 Å². The van der Waals surface area contributed by atoms with Gasteiger partial charge < -0.3 is 10.5 Å². The van der Waals surface area contributed by atoms with Gasteiger partial charge in [-0.3, -0.25) is 0 Å². The number of rotatable bonds is 2. The number of hydrogen-bond donors (Lipinski definition) is 1. The molecule has 0 aliphatic carbocycles. The molecule has 0 amide bonds. The minimum Gasteiger partial charge on any atom is -0.457 e. The third kappa shape index (κ3) is 2.99. The maximum absolute atomic E-state index is 12.7. The molecule has 2 N–H and O–H groups in total. The van der Waals surface area contributed by atoms with E-state index < -0.39 is 11.7 Å². The zero-order valence-electron chi connectivity index (χ0n) is 10.2. The van der Waals surface area contributed by atoms with Crippen molar-refractivity contribution in [1.82, 2.24) is 0 Å². The van der Waals surface area contributed by atoms with Gasteiger partial charge in [-0.25, -0.2) is 0 Å². The second-order valence-corrected chi connectivity index (χ2v) is 4.11. The van der Waals surface area contributed by atoms with E-state index in [0.29, 0.717) is 5.75 Å². The van der Waals surface area contributed by atoms with Crippen LogP contribution in [0.4, 0.5) is 18.9 Å². The molecule has 2 nitrogen and oxygen atoms in total. The van der Waals surface area contributed by atoms with Crippen molar-refractivity contribution in [3.8, 4) is 11.5 Å². The highest BCUT2D eigenvalue weighted by atomic mass is 19.4. The van der Waals surface area contributed by atoms with E-state index in [2.05, 4.69) is 0 Å². The third-order valence-electron chi connectivity index (χ3n) is 2.65. The number of benzene rings is 2. The second kappa shape index (κ2) is 4.84. The lowest BCUT2D eigenvalue weighted by Crippen LogP contribution is -2.08. The van der Waals surface area contributed by atoms with Gasteiger partial charge in [0.1, 0.15) is 11.5 Å². The van der Waals surface area contributed by atoms with Crippen LogP contribution in [0.1, 0.15) is 11.1 Å². The van der Waals surface area contributed by atoms with E-state index in [0.717, 1.165) is 11.6 Å². The second-order valence-electron chi connectivity index (χ2n) is 4.11. The fraction of sp³-hybridized carbons (Fsp3) is 0.143. The standard InChI is InChI=1S/C14H12F3NO/c1-9-4-2-3-5-13(9)19-10-6-7-12(18)11(8-10)14(15,16)17/h2-8H,18H2,1H3. The Bertz CT molecular complexity index is 593. The van der Waals surface area contributed by atoms with Crippen molar-refractivity contribution < 1.29 is 17.9 Å². The van der Waals surface area contributed by atoms with Crippen LogP contribution in [0, 0.1) is 6.92 Å². The molecule has 0 atom stereocenters. The topological polar surface area (TPSA) is 35.2 Å². The van der Waals surface area contributed by atoms with Gasteiger partial charge in [-0.05, 0) is 36.8 Å². The first-order chi connectivity index (χ1) is 8.88. The Morgan fingerprint density at radius 3 is 2.37 bits per heavy atom. The largest absolute Gasteiger partial charge is 0.457 e. The van der Waals surface area contributed by atoms with Crippen molar-refractivity contribution in [1.29, 1.82) is 0 Å². The molecule has 0 bridgehead atoms. The predicted molar refractivity (Wildman–Crippen MR) is 67.1 cm³/mol.